The zero-order valence-electron chi connectivity index (χ0n) is 21.9. The Morgan fingerprint density at radius 1 is 0.727 bits per heavy atom. The number of nitrogen functional groups attached to an aromatic ring is 2. The lowest BCUT2D eigenvalue weighted by Crippen LogP contribution is -2.35. The Hall–Kier alpha value is -3.30. The van der Waals surface area contributed by atoms with Gasteiger partial charge in [-0.25, -0.2) is 47.8 Å². The number of hydrogen-bond donors (Lipinski definition) is 4. The van der Waals surface area contributed by atoms with Crippen molar-refractivity contribution in [2.24, 2.45) is 0 Å². The summed E-state index contributed by atoms with van der Waals surface area (Å²) in [6, 6.07) is 0. The lowest BCUT2D eigenvalue weighted by atomic mass is 10.1. The number of ether oxygens (including phenoxy) is 2. The van der Waals surface area contributed by atoms with E-state index < -0.39 is 78.1 Å². The second-order valence-corrected chi connectivity index (χ2v) is 12.7. The maximum absolute atomic E-state index is 15.7. The average molecular weight is 662 g/mol. The van der Waals surface area contributed by atoms with Crippen LogP contribution in [0.3, 0.4) is 0 Å². The van der Waals surface area contributed by atoms with Gasteiger partial charge in [-0.05, 0) is 0 Å². The molecule has 3 aliphatic heterocycles. The summed E-state index contributed by atoms with van der Waals surface area (Å²) in [5, 5.41) is 0. The van der Waals surface area contributed by atoms with Crippen LogP contribution in [0.5, 0.6) is 0 Å². The third-order valence-corrected chi connectivity index (χ3v) is 9.14. The summed E-state index contributed by atoms with van der Waals surface area (Å²) in [5.41, 5.74) is 12.0. The van der Waals surface area contributed by atoms with Crippen LogP contribution in [0.2, 0.25) is 0 Å². The van der Waals surface area contributed by atoms with Crippen LogP contribution < -0.4 is 11.5 Å². The number of rotatable bonds is 2. The zero-order chi connectivity index (χ0) is 31.0. The lowest BCUT2D eigenvalue weighted by molar-refractivity contribution is -0.0671. The lowest BCUT2D eigenvalue weighted by Gasteiger charge is -2.24. The van der Waals surface area contributed by atoms with E-state index in [0.717, 1.165) is 34.4 Å². The molecule has 236 valence electrons. The molecular formula is C20H22F2N10O10P2. The second kappa shape index (κ2) is 10.7. The molecule has 10 atom stereocenters. The van der Waals surface area contributed by atoms with Gasteiger partial charge in [0.25, 0.3) is 0 Å². The van der Waals surface area contributed by atoms with Crippen LogP contribution in [-0.4, -0.2) is 98.8 Å². The molecule has 0 radical (unpaired) electrons. The van der Waals surface area contributed by atoms with Gasteiger partial charge in [0.2, 0.25) is 0 Å². The summed E-state index contributed by atoms with van der Waals surface area (Å²) in [6.07, 6.45) is -10.1. The molecule has 0 spiro atoms. The fourth-order valence-electron chi connectivity index (χ4n) is 5.15. The van der Waals surface area contributed by atoms with Crippen LogP contribution >= 0.6 is 15.6 Å². The Bertz CT molecular complexity index is 1700. The number of anilines is 2. The van der Waals surface area contributed by atoms with Crippen molar-refractivity contribution < 1.29 is 55.3 Å². The molecule has 7 heterocycles. The van der Waals surface area contributed by atoms with Gasteiger partial charge in [0.15, 0.2) is 47.7 Å². The highest BCUT2D eigenvalue weighted by molar-refractivity contribution is 7.47. The number of hydrogen-bond acceptors (Lipinski definition) is 16. The molecule has 24 heteroatoms. The van der Waals surface area contributed by atoms with Crippen LogP contribution in [0.4, 0.5) is 20.4 Å². The van der Waals surface area contributed by atoms with Gasteiger partial charge in [-0.2, -0.15) is 0 Å². The fraction of sp³-hybridized carbons (Fsp3) is 0.500. The summed E-state index contributed by atoms with van der Waals surface area (Å²) in [5.74, 6) is -0.0230. The van der Waals surface area contributed by atoms with Gasteiger partial charge in [-0.15, -0.1) is 0 Å². The van der Waals surface area contributed by atoms with E-state index in [0.29, 0.717) is 0 Å². The Kier molecular flexibility index (Phi) is 7.12. The molecule has 0 aromatic carbocycles. The van der Waals surface area contributed by atoms with E-state index in [9.17, 15) is 18.9 Å². The minimum absolute atomic E-state index is 0.0115. The van der Waals surface area contributed by atoms with E-state index in [1.165, 1.54) is 0 Å². The largest absolute Gasteiger partial charge is 0.472 e. The number of nitrogens with zero attached hydrogens (tertiary/aromatic N) is 8. The van der Waals surface area contributed by atoms with E-state index in [1.54, 1.807) is 0 Å². The Morgan fingerprint density at radius 3 is 1.55 bits per heavy atom. The van der Waals surface area contributed by atoms with Crippen LogP contribution in [0.15, 0.2) is 25.3 Å². The summed E-state index contributed by atoms with van der Waals surface area (Å²) in [4.78, 5) is 45.0. The van der Waals surface area contributed by atoms with Gasteiger partial charge in [0.05, 0.1) is 25.9 Å². The van der Waals surface area contributed by atoms with E-state index >= 15 is 8.78 Å². The van der Waals surface area contributed by atoms with Crippen LogP contribution in [0.25, 0.3) is 22.3 Å². The van der Waals surface area contributed by atoms with Gasteiger partial charge in [-0.3, -0.25) is 27.2 Å². The van der Waals surface area contributed by atoms with Crippen molar-refractivity contribution in [3.8, 4) is 0 Å². The van der Waals surface area contributed by atoms with Gasteiger partial charge in [0.1, 0.15) is 48.1 Å². The number of nitrogens with two attached hydrogens (primary N) is 2. The summed E-state index contributed by atoms with van der Waals surface area (Å²) in [6.45, 7) is -1.88. The fourth-order valence-corrected chi connectivity index (χ4v) is 7.00. The maximum atomic E-state index is 15.7. The number of phosphoric ester groups is 2. The normalized spacial score (nSPS) is 38.3. The molecule has 0 saturated carbocycles. The van der Waals surface area contributed by atoms with Crippen LogP contribution in [0, 0.1) is 0 Å². The first kappa shape index (κ1) is 29.4. The number of aromatic nitrogens is 8. The predicted molar refractivity (Wildman–Crippen MR) is 138 cm³/mol. The summed E-state index contributed by atoms with van der Waals surface area (Å²) >= 11 is 0. The zero-order valence-corrected chi connectivity index (χ0v) is 23.7. The van der Waals surface area contributed by atoms with Crippen molar-refractivity contribution in [3.63, 3.8) is 0 Å². The van der Waals surface area contributed by atoms with Crippen molar-refractivity contribution in [2.45, 2.75) is 49.2 Å². The van der Waals surface area contributed by atoms with Crippen molar-refractivity contribution in [3.05, 3.63) is 25.3 Å². The minimum atomic E-state index is -5.17. The summed E-state index contributed by atoms with van der Waals surface area (Å²) < 4.78 is 91.7. The Morgan fingerprint density at radius 2 is 1.14 bits per heavy atom. The van der Waals surface area contributed by atoms with Crippen molar-refractivity contribution in [1.82, 2.24) is 39.0 Å². The quantitative estimate of drug-likeness (QED) is 0.210. The van der Waals surface area contributed by atoms with Gasteiger partial charge >= 0.3 is 15.6 Å². The third kappa shape index (κ3) is 5.02. The predicted octanol–water partition coefficient (Wildman–Crippen LogP) is 0.320. The maximum Gasteiger partial charge on any atom is 0.472 e. The number of phosphoric acid groups is 2. The van der Waals surface area contributed by atoms with Crippen molar-refractivity contribution in [1.29, 1.82) is 0 Å². The van der Waals surface area contributed by atoms with Crippen LogP contribution in [0.1, 0.15) is 12.5 Å². The molecular weight excluding hydrogens is 640 g/mol. The van der Waals surface area contributed by atoms with Crippen molar-refractivity contribution in [2.75, 3.05) is 24.7 Å². The van der Waals surface area contributed by atoms with Gasteiger partial charge in [-0.1, -0.05) is 0 Å². The Balaban J connectivity index is 1.22. The molecule has 4 aromatic rings. The van der Waals surface area contributed by atoms with E-state index in [2.05, 4.69) is 29.9 Å². The SMILES string of the molecule is Nc1ncnc2c1ncn2C1O[C@@H]2COP(=O)(O)O[C@@H]3[C@H](F)[C@@H](COP(=O)(O)O[C@@H]1[C@@H]2F)O[C@H]3n1cnc2c(N)ncnc21. The van der Waals surface area contributed by atoms with E-state index in [-0.39, 0.29) is 34.0 Å². The molecule has 3 fully saturated rings. The first-order valence-corrected chi connectivity index (χ1v) is 15.7. The molecule has 4 aromatic heterocycles. The first-order valence-electron chi connectivity index (χ1n) is 12.7. The molecule has 3 saturated heterocycles. The molecule has 7 rings (SSSR count). The molecule has 20 nitrogen and oxygen atoms in total. The molecule has 0 amide bonds. The number of imidazole rings is 2. The molecule has 6 N–H and O–H groups in total. The van der Waals surface area contributed by atoms with Gasteiger partial charge < -0.3 is 30.7 Å². The number of alkyl halides is 2. The summed E-state index contributed by atoms with van der Waals surface area (Å²) in [7, 11) is -10.3. The average Bonchev–Trinajstić information content (AvgIpc) is 3.73. The smallest absolute Gasteiger partial charge is 0.382 e. The highest BCUT2D eigenvalue weighted by Gasteiger charge is 2.55. The molecule has 4 bridgehead atoms. The molecule has 44 heavy (non-hydrogen) atoms. The molecule has 3 aliphatic rings. The van der Waals surface area contributed by atoms with Crippen LogP contribution in [-0.2, 0) is 36.7 Å². The third-order valence-electron chi connectivity index (χ3n) is 7.16. The minimum Gasteiger partial charge on any atom is -0.382 e. The van der Waals surface area contributed by atoms with Gasteiger partial charge in [0, 0.05) is 0 Å². The highest BCUT2D eigenvalue weighted by Crippen LogP contribution is 2.54. The first-order chi connectivity index (χ1) is 20.9. The Labute approximate surface area is 243 Å². The highest BCUT2D eigenvalue weighted by atomic mass is 31.2. The molecule has 0 aliphatic carbocycles. The van der Waals surface area contributed by atoms with E-state index in [4.69, 9.17) is 39.0 Å². The second-order valence-electron chi connectivity index (χ2n) is 9.85. The number of fused-ring (bicyclic) bond motifs is 6. The number of halogens is 2. The molecule has 3 unspecified atom stereocenters. The van der Waals surface area contributed by atoms with E-state index in [1.807, 2.05) is 0 Å². The standard InChI is InChI=1S/C20H22F2N10O10P2/c21-9-7-1-37-43(33,34)41-14-10(22)8(40-20(14)32-6-30-12-16(24)26-4-28-18(12)32)2-38-44(35,36)42-13(9)19(39-7)31-5-29-11-15(23)25-3-27-17(11)31/h3-10,13-14,19-20H,1-2H2,(H,33,34)(H,35,36)(H2,23,25,27)(H2,24,26,28)/t7-,8-,9-,10-,13-,14-,19-,20?/m1/s1. The van der Waals surface area contributed by atoms with Crippen molar-refractivity contribution >= 4 is 49.6 Å². The topological polar surface area (TPSA) is 269 Å². The monoisotopic (exact) mass is 662 g/mol.